The van der Waals surface area contributed by atoms with Crippen LogP contribution in [0, 0.1) is 0 Å². The van der Waals surface area contributed by atoms with Crippen LogP contribution in [0.1, 0.15) is 10.4 Å². The molecule has 9 nitrogen and oxygen atoms in total. The summed E-state index contributed by atoms with van der Waals surface area (Å²) in [6.45, 7) is 0. The van der Waals surface area contributed by atoms with Gasteiger partial charge in [0.1, 0.15) is 6.29 Å². The van der Waals surface area contributed by atoms with E-state index in [-0.39, 0.29) is 73.2 Å². The minimum atomic E-state index is -0.384. The molecule has 0 bridgehead atoms. The third-order valence-electron chi connectivity index (χ3n) is 1.38. The van der Waals surface area contributed by atoms with Crippen molar-refractivity contribution in [2.75, 3.05) is 0 Å². The van der Waals surface area contributed by atoms with Crippen LogP contribution >= 0.6 is 24.4 Å². The van der Waals surface area contributed by atoms with Gasteiger partial charge in [0.2, 0.25) is 0 Å². The van der Waals surface area contributed by atoms with Gasteiger partial charge in [-0.05, 0) is 42.6 Å². The summed E-state index contributed by atoms with van der Waals surface area (Å²) < 4.78 is 0. The molecule has 0 aliphatic heterocycles. The SMILES string of the molecule is NNC(O)=S.NNC(O)=S.O=Cc1ccc(O)c(O)c1.[KH]. The van der Waals surface area contributed by atoms with E-state index in [1.807, 2.05) is 10.9 Å². The predicted octanol–water partition coefficient (Wildman–Crippen LogP) is -1.15. The molecule has 0 unspecified atom stereocenters. The van der Waals surface area contributed by atoms with E-state index < -0.39 is 0 Å². The minimum absolute atomic E-state index is 0. The number of hydrazine groups is 2. The molecule has 0 saturated carbocycles. The first-order valence-electron chi connectivity index (χ1n) is 4.64. The second-order valence-electron chi connectivity index (χ2n) is 2.76. The number of nitrogens with two attached hydrogens (primary N) is 2. The van der Waals surface area contributed by atoms with Crippen molar-refractivity contribution in [3.63, 3.8) is 0 Å². The number of hydrogen-bond donors (Lipinski definition) is 8. The van der Waals surface area contributed by atoms with Crippen LogP contribution in [-0.4, -0.2) is 88.4 Å². The number of aliphatic hydroxyl groups is 2. The molecule has 0 spiro atoms. The number of aldehydes is 1. The van der Waals surface area contributed by atoms with Crippen LogP contribution in [0.2, 0.25) is 0 Å². The molecule has 10 N–H and O–H groups in total. The number of carbonyl (C=O) groups excluding carboxylic acids is 1. The van der Waals surface area contributed by atoms with E-state index in [1.54, 1.807) is 0 Å². The Morgan fingerprint density at radius 2 is 1.43 bits per heavy atom. The predicted molar refractivity (Wildman–Crippen MR) is 87.4 cm³/mol. The maximum atomic E-state index is 10.1. The number of aliphatic hydroxyl groups excluding tert-OH is 2. The van der Waals surface area contributed by atoms with E-state index in [1.165, 1.54) is 18.2 Å². The zero-order valence-corrected chi connectivity index (χ0v) is 11.6. The zero-order valence-electron chi connectivity index (χ0n) is 9.98. The average molecular weight is 362 g/mol. The van der Waals surface area contributed by atoms with Crippen molar-refractivity contribution < 1.29 is 25.2 Å². The van der Waals surface area contributed by atoms with Crippen molar-refractivity contribution in [3.8, 4) is 11.5 Å². The van der Waals surface area contributed by atoms with Crippen molar-refractivity contribution >= 4 is 92.5 Å². The van der Waals surface area contributed by atoms with Crippen LogP contribution in [0.5, 0.6) is 11.5 Å². The van der Waals surface area contributed by atoms with E-state index >= 15 is 0 Å². The summed E-state index contributed by atoms with van der Waals surface area (Å²) in [5.41, 5.74) is 3.97. The fraction of sp³-hybridized carbons (Fsp3) is 0. The number of phenols is 2. The Morgan fingerprint density at radius 3 is 1.67 bits per heavy atom. The molecule has 0 radical (unpaired) electrons. The Bertz CT molecular complexity index is 450. The van der Waals surface area contributed by atoms with Crippen molar-refractivity contribution in [2.45, 2.75) is 0 Å². The van der Waals surface area contributed by atoms with Gasteiger partial charge in [-0.15, -0.1) is 0 Å². The third-order valence-corrected chi connectivity index (χ3v) is 1.62. The van der Waals surface area contributed by atoms with Crippen LogP contribution in [0.3, 0.4) is 0 Å². The Morgan fingerprint density at radius 1 is 1.05 bits per heavy atom. The summed E-state index contributed by atoms with van der Waals surface area (Å²) in [7, 11) is 0. The van der Waals surface area contributed by atoms with E-state index in [0.717, 1.165) is 0 Å². The van der Waals surface area contributed by atoms with E-state index in [9.17, 15) is 4.79 Å². The molecule has 0 heterocycles. The van der Waals surface area contributed by atoms with Crippen LogP contribution in [0.4, 0.5) is 0 Å². The molecule has 1 aromatic rings. The molecule has 0 aliphatic rings. The van der Waals surface area contributed by atoms with Crippen LogP contribution in [0.15, 0.2) is 18.2 Å². The summed E-state index contributed by atoms with van der Waals surface area (Å²) in [5.74, 6) is 8.57. The van der Waals surface area contributed by atoms with Gasteiger partial charge in [-0.2, -0.15) is 0 Å². The van der Waals surface area contributed by atoms with Crippen LogP contribution < -0.4 is 22.5 Å². The number of thiocarbonyl (C=S) groups is 2. The fourth-order valence-electron chi connectivity index (χ4n) is 0.614. The molecule has 0 aliphatic carbocycles. The quantitative estimate of drug-likeness (QED) is 0.0756. The number of aromatic hydroxyl groups is 2. The second-order valence-corrected chi connectivity index (χ2v) is 3.54. The fourth-order valence-corrected chi connectivity index (χ4v) is 0.614. The van der Waals surface area contributed by atoms with Gasteiger partial charge in [-0.3, -0.25) is 15.6 Å². The number of hydrogen-bond acceptors (Lipinski definition) is 7. The molecular formula is C9H15KN4O5S2. The number of nitrogens with one attached hydrogen (secondary N) is 2. The molecule has 114 valence electrons. The van der Waals surface area contributed by atoms with Gasteiger partial charge in [0.25, 0.3) is 10.3 Å². The molecule has 0 amide bonds. The van der Waals surface area contributed by atoms with Crippen molar-refractivity contribution in [1.82, 2.24) is 10.9 Å². The Balaban J connectivity index is -0.000000254. The van der Waals surface area contributed by atoms with E-state index in [2.05, 4.69) is 36.1 Å². The summed E-state index contributed by atoms with van der Waals surface area (Å²) in [6.07, 6.45) is 0.596. The van der Waals surface area contributed by atoms with Gasteiger partial charge < -0.3 is 20.4 Å². The summed E-state index contributed by atoms with van der Waals surface area (Å²) in [4.78, 5) is 10.1. The molecular weight excluding hydrogens is 347 g/mol. The summed E-state index contributed by atoms with van der Waals surface area (Å²) >= 11 is 8.03. The number of benzene rings is 1. The van der Waals surface area contributed by atoms with Crippen molar-refractivity contribution in [3.05, 3.63) is 23.8 Å². The van der Waals surface area contributed by atoms with Crippen LogP contribution in [0.25, 0.3) is 0 Å². The number of phenolic OH excluding ortho intramolecular Hbond substituents is 2. The molecule has 0 aromatic heterocycles. The molecule has 21 heavy (non-hydrogen) atoms. The Hall–Kier alpha value is -0.574. The van der Waals surface area contributed by atoms with E-state index in [4.69, 9.17) is 20.4 Å². The van der Waals surface area contributed by atoms with E-state index in [0.29, 0.717) is 11.8 Å². The number of carbonyl (C=O) groups is 1. The first kappa shape index (κ1) is 25.4. The Kier molecular flexibility index (Phi) is 19.1. The maximum absolute atomic E-state index is 10.1. The Labute approximate surface area is 173 Å². The second kappa shape index (κ2) is 15.8. The van der Waals surface area contributed by atoms with Crippen molar-refractivity contribution in [1.29, 1.82) is 0 Å². The first-order chi connectivity index (χ1) is 9.28. The summed E-state index contributed by atoms with van der Waals surface area (Å²) in [5, 5.41) is 32.5. The molecule has 0 fully saturated rings. The molecule has 12 heteroatoms. The summed E-state index contributed by atoms with van der Waals surface area (Å²) in [6, 6.07) is 3.88. The van der Waals surface area contributed by atoms with Gasteiger partial charge in [0, 0.05) is 5.56 Å². The third kappa shape index (κ3) is 17.4. The topological polar surface area (TPSA) is 174 Å². The molecule has 1 aromatic carbocycles. The zero-order chi connectivity index (χ0) is 16.1. The first-order valence-corrected chi connectivity index (χ1v) is 5.46. The monoisotopic (exact) mass is 362 g/mol. The number of rotatable bonds is 1. The van der Waals surface area contributed by atoms with Gasteiger partial charge >= 0.3 is 51.4 Å². The van der Waals surface area contributed by atoms with Crippen LogP contribution in [-0.2, 0) is 0 Å². The standard InChI is InChI=1S/C7H6O3.2CH4N2OS.K.H/c8-4-5-1-2-6(9)7(10)3-5;2*2-3-1(4)5;;/h1-4,9-10H;2*2H2,(H2,3,4,5);;. The molecule has 0 saturated heterocycles. The van der Waals surface area contributed by atoms with Crippen molar-refractivity contribution in [2.24, 2.45) is 11.7 Å². The van der Waals surface area contributed by atoms with Gasteiger partial charge in [-0.1, -0.05) is 0 Å². The molecule has 0 atom stereocenters. The molecule has 1 rings (SSSR count). The normalized spacial score (nSPS) is 7.52. The van der Waals surface area contributed by atoms with Gasteiger partial charge in [-0.25, -0.2) is 11.7 Å². The average Bonchev–Trinajstić information content (AvgIpc) is 2.43. The van der Waals surface area contributed by atoms with Gasteiger partial charge in [0.05, 0.1) is 0 Å². The van der Waals surface area contributed by atoms with Gasteiger partial charge in [0.15, 0.2) is 11.5 Å².